The minimum atomic E-state index is -0.780. The standard InChI is InChI=1S/C11H10N4O/c12-5-8-2-1-7(4-10(8)14)3-9(6-13)11(15)16/h1-5,12H,14H2,(H2,15,16)/b9-3+,12-5?. The molecule has 0 fully saturated rings. The van der Waals surface area contributed by atoms with Crippen molar-refractivity contribution in [2.24, 2.45) is 5.73 Å². The summed E-state index contributed by atoms with van der Waals surface area (Å²) < 4.78 is 0. The van der Waals surface area contributed by atoms with Crippen LogP contribution in [0, 0.1) is 16.7 Å². The topological polar surface area (TPSA) is 117 Å². The van der Waals surface area contributed by atoms with E-state index in [0.29, 0.717) is 16.8 Å². The number of anilines is 1. The zero-order chi connectivity index (χ0) is 12.1. The van der Waals surface area contributed by atoms with Crippen LogP contribution in [0.5, 0.6) is 0 Å². The molecular weight excluding hydrogens is 204 g/mol. The van der Waals surface area contributed by atoms with Crippen molar-refractivity contribution in [3.05, 3.63) is 34.9 Å². The van der Waals surface area contributed by atoms with Crippen LogP contribution in [-0.2, 0) is 4.79 Å². The number of carbonyl (C=O) groups is 1. The maximum Gasteiger partial charge on any atom is 0.259 e. The Morgan fingerprint density at radius 3 is 2.62 bits per heavy atom. The van der Waals surface area contributed by atoms with Crippen LogP contribution in [0.3, 0.4) is 0 Å². The van der Waals surface area contributed by atoms with Gasteiger partial charge < -0.3 is 16.9 Å². The number of carbonyl (C=O) groups excluding carboxylic acids is 1. The van der Waals surface area contributed by atoms with Gasteiger partial charge in [0.05, 0.1) is 0 Å². The lowest BCUT2D eigenvalue weighted by Crippen LogP contribution is -2.12. The van der Waals surface area contributed by atoms with Gasteiger partial charge in [0.2, 0.25) is 0 Å². The van der Waals surface area contributed by atoms with Gasteiger partial charge in [0.1, 0.15) is 11.6 Å². The summed E-state index contributed by atoms with van der Waals surface area (Å²) in [6.45, 7) is 0. The van der Waals surface area contributed by atoms with Crippen molar-refractivity contribution >= 4 is 23.9 Å². The van der Waals surface area contributed by atoms with Crippen molar-refractivity contribution in [2.45, 2.75) is 0 Å². The van der Waals surface area contributed by atoms with E-state index in [1.165, 1.54) is 6.08 Å². The zero-order valence-corrected chi connectivity index (χ0v) is 8.40. The van der Waals surface area contributed by atoms with Gasteiger partial charge in [-0.1, -0.05) is 12.1 Å². The van der Waals surface area contributed by atoms with Crippen molar-refractivity contribution in [1.82, 2.24) is 0 Å². The van der Waals surface area contributed by atoms with E-state index < -0.39 is 5.91 Å². The normalized spacial score (nSPS) is 10.6. The highest BCUT2D eigenvalue weighted by Gasteiger charge is 2.04. The van der Waals surface area contributed by atoms with Gasteiger partial charge in [0.15, 0.2) is 0 Å². The van der Waals surface area contributed by atoms with Crippen LogP contribution in [0.1, 0.15) is 11.1 Å². The number of hydrogen-bond acceptors (Lipinski definition) is 4. The third-order valence-electron chi connectivity index (χ3n) is 1.96. The van der Waals surface area contributed by atoms with Gasteiger partial charge in [-0.25, -0.2) is 0 Å². The third kappa shape index (κ3) is 2.45. The first-order valence-corrected chi connectivity index (χ1v) is 4.40. The number of hydrogen-bond donors (Lipinski definition) is 3. The lowest BCUT2D eigenvalue weighted by molar-refractivity contribution is -0.114. The molecule has 1 rings (SSSR count). The molecule has 0 aliphatic carbocycles. The van der Waals surface area contributed by atoms with E-state index in [1.54, 1.807) is 24.3 Å². The lowest BCUT2D eigenvalue weighted by atomic mass is 10.1. The summed E-state index contributed by atoms with van der Waals surface area (Å²) in [5.41, 5.74) is 12.1. The quantitative estimate of drug-likeness (QED) is 0.297. The fourth-order valence-corrected chi connectivity index (χ4v) is 1.14. The molecule has 0 saturated carbocycles. The summed E-state index contributed by atoms with van der Waals surface area (Å²) in [5, 5.41) is 15.7. The number of nitrogen functional groups attached to an aromatic ring is 1. The lowest BCUT2D eigenvalue weighted by Gasteiger charge is -2.01. The van der Waals surface area contributed by atoms with E-state index in [1.807, 2.05) is 0 Å². The van der Waals surface area contributed by atoms with Gasteiger partial charge in [-0.2, -0.15) is 5.26 Å². The van der Waals surface area contributed by atoms with E-state index in [-0.39, 0.29) is 5.57 Å². The molecule has 0 spiro atoms. The maximum atomic E-state index is 10.8. The molecule has 80 valence electrons. The summed E-state index contributed by atoms with van der Waals surface area (Å²) in [7, 11) is 0. The first kappa shape index (κ1) is 11.5. The van der Waals surface area contributed by atoms with Crippen molar-refractivity contribution in [3.8, 4) is 6.07 Å². The number of primary amides is 1. The van der Waals surface area contributed by atoms with Gasteiger partial charge >= 0.3 is 0 Å². The van der Waals surface area contributed by atoms with Crippen LogP contribution < -0.4 is 11.5 Å². The molecule has 5 N–H and O–H groups in total. The predicted molar refractivity (Wildman–Crippen MR) is 61.5 cm³/mol. The molecule has 1 aromatic rings. The van der Waals surface area contributed by atoms with Crippen LogP contribution in [0.25, 0.3) is 6.08 Å². The van der Waals surface area contributed by atoms with Gasteiger partial charge in [0.25, 0.3) is 5.91 Å². The number of benzene rings is 1. The number of nitrogens with zero attached hydrogens (tertiary/aromatic N) is 1. The fourth-order valence-electron chi connectivity index (χ4n) is 1.14. The van der Waals surface area contributed by atoms with E-state index >= 15 is 0 Å². The van der Waals surface area contributed by atoms with Crippen molar-refractivity contribution < 1.29 is 4.79 Å². The van der Waals surface area contributed by atoms with Crippen LogP contribution in [0.4, 0.5) is 5.69 Å². The molecule has 1 amide bonds. The molecule has 16 heavy (non-hydrogen) atoms. The Kier molecular flexibility index (Phi) is 3.41. The van der Waals surface area contributed by atoms with Crippen molar-refractivity contribution in [3.63, 3.8) is 0 Å². The Morgan fingerprint density at radius 2 is 2.19 bits per heavy atom. The minimum Gasteiger partial charge on any atom is -0.398 e. The van der Waals surface area contributed by atoms with Crippen molar-refractivity contribution in [1.29, 1.82) is 10.7 Å². The number of nitrogens with two attached hydrogens (primary N) is 2. The van der Waals surface area contributed by atoms with E-state index in [0.717, 1.165) is 6.21 Å². The maximum absolute atomic E-state index is 10.8. The zero-order valence-electron chi connectivity index (χ0n) is 8.40. The molecule has 5 nitrogen and oxygen atoms in total. The molecule has 5 heteroatoms. The fraction of sp³-hybridized carbons (Fsp3) is 0. The van der Waals surface area contributed by atoms with Crippen LogP contribution >= 0.6 is 0 Å². The minimum absolute atomic E-state index is 0.137. The monoisotopic (exact) mass is 214 g/mol. The highest BCUT2D eigenvalue weighted by Crippen LogP contribution is 2.14. The molecule has 0 unspecified atom stereocenters. The SMILES string of the molecule is N#C/C(=C\c1ccc(C=N)c(N)c1)C(N)=O. The Bertz CT molecular complexity index is 511. The molecule has 0 saturated heterocycles. The average molecular weight is 214 g/mol. The number of amides is 1. The van der Waals surface area contributed by atoms with Gasteiger partial charge in [-0.3, -0.25) is 4.79 Å². The molecule has 0 aliphatic heterocycles. The van der Waals surface area contributed by atoms with Gasteiger partial charge in [-0.15, -0.1) is 0 Å². The molecule has 0 heterocycles. The number of rotatable bonds is 3. The molecule has 0 atom stereocenters. The molecule has 0 aromatic heterocycles. The van der Waals surface area contributed by atoms with E-state index in [2.05, 4.69) is 0 Å². The summed E-state index contributed by atoms with van der Waals surface area (Å²) in [4.78, 5) is 10.8. The third-order valence-corrected chi connectivity index (χ3v) is 1.96. The van der Waals surface area contributed by atoms with E-state index in [9.17, 15) is 4.79 Å². The van der Waals surface area contributed by atoms with Crippen LogP contribution in [0.2, 0.25) is 0 Å². The second-order valence-electron chi connectivity index (χ2n) is 3.07. The van der Waals surface area contributed by atoms with Gasteiger partial charge in [0, 0.05) is 17.5 Å². The van der Waals surface area contributed by atoms with Crippen molar-refractivity contribution in [2.75, 3.05) is 5.73 Å². The predicted octanol–water partition coefficient (Wildman–Crippen LogP) is 0.659. The Hall–Kier alpha value is -2.61. The Labute approximate surface area is 92.5 Å². The summed E-state index contributed by atoms with van der Waals surface area (Å²) in [5.74, 6) is -0.780. The second-order valence-corrected chi connectivity index (χ2v) is 3.07. The number of nitriles is 1. The van der Waals surface area contributed by atoms with E-state index in [4.69, 9.17) is 22.1 Å². The largest absolute Gasteiger partial charge is 0.398 e. The Balaban J connectivity index is 3.17. The van der Waals surface area contributed by atoms with Gasteiger partial charge in [-0.05, 0) is 17.7 Å². The average Bonchev–Trinajstić information content (AvgIpc) is 2.25. The summed E-state index contributed by atoms with van der Waals surface area (Å²) in [6.07, 6.45) is 2.48. The number of nitrogens with one attached hydrogen (secondary N) is 1. The molecule has 0 radical (unpaired) electrons. The molecular formula is C11H10N4O. The first-order valence-electron chi connectivity index (χ1n) is 4.40. The molecule has 1 aromatic carbocycles. The summed E-state index contributed by atoms with van der Waals surface area (Å²) in [6, 6.07) is 6.55. The smallest absolute Gasteiger partial charge is 0.259 e. The molecule has 0 bridgehead atoms. The first-order chi connectivity index (χ1) is 7.58. The Morgan fingerprint density at radius 1 is 1.50 bits per heavy atom. The second kappa shape index (κ2) is 4.75. The highest BCUT2D eigenvalue weighted by atomic mass is 16.1. The highest BCUT2D eigenvalue weighted by molar-refractivity contribution is 6.00. The van der Waals surface area contributed by atoms with Crippen LogP contribution in [-0.4, -0.2) is 12.1 Å². The molecule has 0 aliphatic rings. The van der Waals surface area contributed by atoms with Crippen LogP contribution in [0.15, 0.2) is 23.8 Å². The summed E-state index contributed by atoms with van der Waals surface area (Å²) >= 11 is 0.